The molecule has 0 aliphatic heterocycles. The monoisotopic (exact) mass is 459 g/mol. The largest absolute Gasteiger partial charge is 0.477 e. The summed E-state index contributed by atoms with van der Waals surface area (Å²) in [5, 5.41) is 12.1. The fourth-order valence-corrected chi connectivity index (χ4v) is 4.58. The molecule has 3 aromatic carbocycles. The Labute approximate surface area is 193 Å². The number of aliphatic carboxylic acids is 1. The topological polar surface area (TPSA) is 70.9 Å². The molecule has 7 heteroatoms. The van der Waals surface area contributed by atoms with Gasteiger partial charge in [0.05, 0.1) is 11.0 Å². The van der Waals surface area contributed by atoms with Crippen LogP contribution in [0.2, 0.25) is 5.02 Å². The van der Waals surface area contributed by atoms with Gasteiger partial charge < -0.3 is 14.7 Å². The summed E-state index contributed by atoms with van der Waals surface area (Å²) in [5.74, 6) is -0.995. The van der Waals surface area contributed by atoms with Crippen LogP contribution in [-0.4, -0.2) is 25.6 Å². The number of aromatic nitrogens is 3. The van der Waals surface area contributed by atoms with Crippen molar-refractivity contribution in [3.63, 3.8) is 0 Å². The second-order valence-corrected chi connectivity index (χ2v) is 8.80. The van der Waals surface area contributed by atoms with Gasteiger partial charge >= 0.3 is 5.97 Å². The highest BCUT2D eigenvalue weighted by Gasteiger charge is 2.15. The third-order valence-corrected chi connectivity index (χ3v) is 6.31. The third-order valence-electron chi connectivity index (χ3n) is 5.16. The van der Waals surface area contributed by atoms with E-state index in [0.717, 1.165) is 44.8 Å². The van der Waals surface area contributed by atoms with Gasteiger partial charge in [-0.05, 0) is 53.7 Å². The van der Waals surface area contributed by atoms with E-state index in [1.54, 1.807) is 6.08 Å². The number of thioether (sulfide) groups is 1. The van der Waals surface area contributed by atoms with Crippen molar-refractivity contribution >= 4 is 57.3 Å². The summed E-state index contributed by atoms with van der Waals surface area (Å²) < 4.78 is 2.12. The summed E-state index contributed by atoms with van der Waals surface area (Å²) in [6, 6.07) is 23.3. The summed E-state index contributed by atoms with van der Waals surface area (Å²) in [7, 11) is 0. The molecule has 0 fully saturated rings. The fourth-order valence-electron chi connectivity index (χ4n) is 3.67. The molecular formula is C25H18ClN3O2S. The van der Waals surface area contributed by atoms with Crippen molar-refractivity contribution in [1.29, 1.82) is 0 Å². The second-order valence-electron chi connectivity index (χ2n) is 7.33. The number of aromatic amines is 1. The lowest BCUT2D eigenvalue weighted by Gasteiger charge is -2.05. The number of carboxylic acid groups (broad SMARTS) is 1. The molecule has 5 rings (SSSR count). The van der Waals surface area contributed by atoms with Crippen molar-refractivity contribution in [2.75, 3.05) is 0 Å². The minimum atomic E-state index is -0.995. The van der Waals surface area contributed by atoms with Gasteiger partial charge in [0.25, 0.3) is 0 Å². The van der Waals surface area contributed by atoms with Gasteiger partial charge in [-0.1, -0.05) is 54.1 Å². The summed E-state index contributed by atoms with van der Waals surface area (Å²) in [4.78, 5) is 19.9. The van der Waals surface area contributed by atoms with Crippen molar-refractivity contribution in [1.82, 2.24) is 14.5 Å². The summed E-state index contributed by atoms with van der Waals surface area (Å²) in [6.07, 6.45) is 3.70. The van der Waals surface area contributed by atoms with Crippen LogP contribution in [0.3, 0.4) is 0 Å². The molecular weight excluding hydrogens is 442 g/mol. The summed E-state index contributed by atoms with van der Waals surface area (Å²) >= 11 is 7.12. The van der Waals surface area contributed by atoms with E-state index in [0.29, 0.717) is 16.7 Å². The molecule has 0 saturated heterocycles. The van der Waals surface area contributed by atoms with Gasteiger partial charge in [-0.3, -0.25) is 0 Å². The van der Waals surface area contributed by atoms with E-state index >= 15 is 0 Å². The maximum absolute atomic E-state index is 12.0. The zero-order valence-electron chi connectivity index (χ0n) is 16.8. The Balaban J connectivity index is 1.52. The van der Waals surface area contributed by atoms with Crippen LogP contribution >= 0.6 is 23.4 Å². The molecule has 2 N–H and O–H groups in total. The minimum Gasteiger partial charge on any atom is -0.477 e. The number of fused-ring (bicyclic) bond motifs is 2. The van der Waals surface area contributed by atoms with E-state index in [9.17, 15) is 9.90 Å². The maximum Gasteiger partial charge on any atom is 0.342 e. The van der Waals surface area contributed by atoms with Gasteiger partial charge in [0, 0.05) is 34.2 Å². The number of nitrogens with zero attached hydrogens (tertiary/aromatic N) is 2. The van der Waals surface area contributed by atoms with Crippen molar-refractivity contribution in [2.24, 2.45) is 0 Å². The van der Waals surface area contributed by atoms with Gasteiger partial charge in [-0.15, -0.1) is 0 Å². The number of hydrogen-bond donors (Lipinski definition) is 2. The molecule has 2 heterocycles. The Hall–Kier alpha value is -3.48. The molecule has 5 nitrogen and oxygen atoms in total. The molecule has 158 valence electrons. The number of H-pyrrole nitrogens is 1. The quantitative estimate of drug-likeness (QED) is 0.226. The van der Waals surface area contributed by atoms with Gasteiger partial charge in [0.2, 0.25) is 0 Å². The van der Waals surface area contributed by atoms with E-state index in [2.05, 4.69) is 14.5 Å². The van der Waals surface area contributed by atoms with Crippen LogP contribution in [0.4, 0.5) is 0 Å². The van der Waals surface area contributed by atoms with Crippen LogP contribution in [0.5, 0.6) is 0 Å². The Bertz CT molecular complexity index is 1430. The SMILES string of the molecule is O=C(O)/C(=C/c1cn(Cc2ccc(Cl)cc2)c2ccccc12)Sc1nc2ccccc2[nH]1. The van der Waals surface area contributed by atoms with Gasteiger partial charge in [0.1, 0.15) is 4.91 Å². The lowest BCUT2D eigenvalue weighted by atomic mass is 10.1. The zero-order chi connectivity index (χ0) is 22.1. The number of rotatable bonds is 6. The highest BCUT2D eigenvalue weighted by molar-refractivity contribution is 8.04. The normalized spacial score (nSPS) is 12.0. The zero-order valence-corrected chi connectivity index (χ0v) is 18.4. The first-order valence-electron chi connectivity index (χ1n) is 9.97. The van der Waals surface area contributed by atoms with Crippen LogP contribution in [-0.2, 0) is 11.3 Å². The average Bonchev–Trinajstić information content (AvgIpc) is 3.36. The van der Waals surface area contributed by atoms with Crippen LogP contribution < -0.4 is 0 Å². The summed E-state index contributed by atoms with van der Waals surface area (Å²) in [6.45, 7) is 0.657. The van der Waals surface area contributed by atoms with E-state index in [1.807, 2.05) is 79.0 Å². The molecule has 0 aliphatic carbocycles. The molecule has 0 spiro atoms. The van der Waals surface area contributed by atoms with Crippen LogP contribution in [0.25, 0.3) is 28.0 Å². The molecule has 0 amide bonds. The smallest absolute Gasteiger partial charge is 0.342 e. The van der Waals surface area contributed by atoms with Gasteiger partial charge in [-0.25, -0.2) is 9.78 Å². The Morgan fingerprint density at radius 3 is 2.59 bits per heavy atom. The number of benzene rings is 3. The van der Waals surface area contributed by atoms with Crippen molar-refractivity contribution in [3.05, 3.63) is 100 Å². The van der Waals surface area contributed by atoms with Crippen LogP contribution in [0.15, 0.2) is 89.1 Å². The van der Waals surface area contributed by atoms with Gasteiger partial charge in [0.15, 0.2) is 5.16 Å². The highest BCUT2D eigenvalue weighted by Crippen LogP contribution is 2.31. The van der Waals surface area contributed by atoms with Gasteiger partial charge in [-0.2, -0.15) is 0 Å². The molecule has 0 saturated carbocycles. The standard InChI is InChI=1S/C25H18ClN3O2S/c26-18-11-9-16(10-12-18)14-29-15-17(19-5-1-4-8-22(19)29)13-23(24(30)31)32-25-27-20-6-2-3-7-21(20)28-25/h1-13,15H,14H2,(H,27,28)(H,30,31)/b23-13-. The van der Waals surface area contributed by atoms with Crippen LogP contribution in [0, 0.1) is 0 Å². The highest BCUT2D eigenvalue weighted by atomic mass is 35.5. The molecule has 0 bridgehead atoms. The first-order chi connectivity index (χ1) is 15.6. The Kier molecular flexibility index (Phi) is 5.47. The number of imidazole rings is 1. The Morgan fingerprint density at radius 2 is 1.81 bits per heavy atom. The molecule has 2 aromatic heterocycles. The lowest BCUT2D eigenvalue weighted by Crippen LogP contribution is -1.98. The molecule has 32 heavy (non-hydrogen) atoms. The molecule has 0 aliphatic rings. The number of carboxylic acids is 1. The van der Waals surface area contributed by atoms with E-state index < -0.39 is 5.97 Å². The molecule has 0 radical (unpaired) electrons. The predicted octanol–water partition coefficient (Wildman–Crippen LogP) is 6.44. The first kappa shape index (κ1) is 20.4. The average molecular weight is 460 g/mol. The lowest BCUT2D eigenvalue weighted by molar-refractivity contribution is -0.131. The fraction of sp³-hybridized carbons (Fsp3) is 0.0400. The number of hydrogen-bond acceptors (Lipinski definition) is 3. The first-order valence-corrected chi connectivity index (χ1v) is 11.2. The number of para-hydroxylation sites is 3. The Morgan fingerprint density at radius 1 is 1.06 bits per heavy atom. The molecule has 0 unspecified atom stereocenters. The number of carbonyl (C=O) groups is 1. The predicted molar refractivity (Wildman–Crippen MR) is 130 cm³/mol. The molecule has 5 aromatic rings. The third kappa shape index (κ3) is 4.15. The van der Waals surface area contributed by atoms with Crippen molar-refractivity contribution in [2.45, 2.75) is 11.7 Å². The van der Waals surface area contributed by atoms with Crippen molar-refractivity contribution in [3.8, 4) is 0 Å². The van der Waals surface area contributed by atoms with E-state index in [1.165, 1.54) is 0 Å². The summed E-state index contributed by atoms with van der Waals surface area (Å²) in [5.41, 5.74) is 4.67. The van der Waals surface area contributed by atoms with E-state index in [-0.39, 0.29) is 4.91 Å². The maximum atomic E-state index is 12.0. The molecule has 0 atom stereocenters. The minimum absolute atomic E-state index is 0.193. The van der Waals surface area contributed by atoms with E-state index in [4.69, 9.17) is 11.6 Å². The second kappa shape index (κ2) is 8.57. The number of halogens is 1. The number of nitrogens with one attached hydrogen (secondary N) is 1. The van der Waals surface area contributed by atoms with Crippen molar-refractivity contribution < 1.29 is 9.90 Å². The van der Waals surface area contributed by atoms with Crippen LogP contribution in [0.1, 0.15) is 11.1 Å².